The predicted octanol–water partition coefficient (Wildman–Crippen LogP) is 0.0909. The number of hydrogen-bond donors (Lipinski definition) is 1. The molecule has 1 atom stereocenters. The molecule has 0 spiro atoms. The molecule has 0 radical (unpaired) electrons. The lowest BCUT2D eigenvalue weighted by Crippen LogP contribution is -2.45. The molecule has 0 bridgehead atoms. The molecule has 68 valence electrons. The number of nitrogens with one attached hydrogen (secondary N) is 1. The Balaban J connectivity index is 2.52. The first-order valence-electron chi connectivity index (χ1n) is 4.15. The third-order valence-corrected chi connectivity index (χ3v) is 2.03. The van der Waals surface area contributed by atoms with E-state index in [1.807, 2.05) is 0 Å². The number of rotatable bonds is 1. The molecule has 1 aliphatic rings. The van der Waals surface area contributed by atoms with Crippen LogP contribution in [0.1, 0.15) is 26.7 Å². The summed E-state index contributed by atoms with van der Waals surface area (Å²) >= 11 is 0. The van der Waals surface area contributed by atoms with E-state index in [2.05, 4.69) is 5.32 Å². The average Bonchev–Trinajstić information content (AvgIpc) is 2.33. The monoisotopic (exact) mass is 170 g/mol. The zero-order valence-corrected chi connectivity index (χ0v) is 7.46. The summed E-state index contributed by atoms with van der Waals surface area (Å²) < 4.78 is 0. The number of carbonyl (C=O) groups is 2. The van der Waals surface area contributed by atoms with Crippen LogP contribution in [0.5, 0.6) is 0 Å². The van der Waals surface area contributed by atoms with Crippen molar-refractivity contribution in [2.24, 2.45) is 0 Å². The van der Waals surface area contributed by atoms with Gasteiger partial charge in [-0.25, -0.2) is 0 Å². The van der Waals surface area contributed by atoms with Crippen LogP contribution in [0, 0.1) is 0 Å². The Bertz CT molecular complexity index is 203. The molecule has 4 heteroatoms. The first-order valence-corrected chi connectivity index (χ1v) is 4.15. The van der Waals surface area contributed by atoms with E-state index in [0.717, 1.165) is 19.4 Å². The maximum Gasteiger partial charge on any atom is 0.221 e. The van der Waals surface area contributed by atoms with E-state index >= 15 is 0 Å². The van der Waals surface area contributed by atoms with Crippen LogP contribution in [0.15, 0.2) is 0 Å². The molecule has 1 heterocycles. The SMILES string of the molecule is CC(=O)NC1CCCN1C(C)=O. The van der Waals surface area contributed by atoms with Crippen LogP contribution in [-0.2, 0) is 9.59 Å². The van der Waals surface area contributed by atoms with E-state index in [0.29, 0.717) is 0 Å². The molecule has 2 amide bonds. The summed E-state index contributed by atoms with van der Waals surface area (Å²) in [5, 5.41) is 2.74. The fourth-order valence-electron chi connectivity index (χ4n) is 1.53. The minimum atomic E-state index is -0.0758. The Morgan fingerprint density at radius 3 is 2.58 bits per heavy atom. The van der Waals surface area contributed by atoms with Gasteiger partial charge in [-0.05, 0) is 12.8 Å². The van der Waals surface area contributed by atoms with E-state index < -0.39 is 0 Å². The van der Waals surface area contributed by atoms with E-state index in [9.17, 15) is 9.59 Å². The largest absolute Gasteiger partial charge is 0.336 e. The van der Waals surface area contributed by atoms with Crippen LogP contribution < -0.4 is 5.32 Å². The van der Waals surface area contributed by atoms with Gasteiger partial charge in [0.1, 0.15) is 6.17 Å². The molecular weight excluding hydrogens is 156 g/mol. The molecular formula is C8H14N2O2. The minimum Gasteiger partial charge on any atom is -0.336 e. The molecule has 0 saturated carbocycles. The molecule has 1 fully saturated rings. The highest BCUT2D eigenvalue weighted by atomic mass is 16.2. The second kappa shape index (κ2) is 3.56. The van der Waals surface area contributed by atoms with Crippen molar-refractivity contribution in [1.29, 1.82) is 0 Å². The number of amides is 2. The van der Waals surface area contributed by atoms with Gasteiger partial charge in [-0.1, -0.05) is 0 Å². The van der Waals surface area contributed by atoms with E-state index in [1.54, 1.807) is 4.90 Å². The van der Waals surface area contributed by atoms with Crippen LogP contribution in [0.2, 0.25) is 0 Å². The summed E-state index contributed by atoms with van der Waals surface area (Å²) in [6.45, 7) is 3.76. The van der Waals surface area contributed by atoms with Gasteiger partial charge in [0.15, 0.2) is 0 Å². The Morgan fingerprint density at radius 2 is 2.08 bits per heavy atom. The standard InChI is InChI=1S/C8H14N2O2/c1-6(11)9-8-4-3-5-10(8)7(2)12/h8H,3-5H2,1-2H3,(H,9,11). The third kappa shape index (κ3) is 1.96. The Kier molecular flexibility index (Phi) is 2.68. The van der Waals surface area contributed by atoms with Crippen LogP contribution in [0.25, 0.3) is 0 Å². The first kappa shape index (κ1) is 9.03. The fraction of sp³-hybridized carbons (Fsp3) is 0.750. The minimum absolute atomic E-state index is 0.0336. The van der Waals surface area contributed by atoms with Crippen LogP contribution in [0.4, 0.5) is 0 Å². The van der Waals surface area contributed by atoms with Crippen molar-refractivity contribution in [2.45, 2.75) is 32.9 Å². The van der Waals surface area contributed by atoms with Crippen molar-refractivity contribution in [1.82, 2.24) is 10.2 Å². The highest BCUT2D eigenvalue weighted by Crippen LogP contribution is 2.14. The Hall–Kier alpha value is -1.06. The summed E-state index contributed by atoms with van der Waals surface area (Å²) in [6, 6.07) is 0. The molecule has 1 saturated heterocycles. The Labute approximate surface area is 71.9 Å². The van der Waals surface area contributed by atoms with Gasteiger partial charge in [0.05, 0.1) is 0 Å². The zero-order chi connectivity index (χ0) is 9.14. The summed E-state index contributed by atoms with van der Waals surface area (Å²) in [4.78, 5) is 23.4. The molecule has 0 aromatic heterocycles. The molecule has 4 nitrogen and oxygen atoms in total. The van der Waals surface area contributed by atoms with E-state index in [4.69, 9.17) is 0 Å². The van der Waals surface area contributed by atoms with Gasteiger partial charge >= 0.3 is 0 Å². The topological polar surface area (TPSA) is 49.4 Å². The summed E-state index contributed by atoms with van der Waals surface area (Å²) in [5.74, 6) is -0.0422. The highest BCUT2D eigenvalue weighted by molar-refractivity contribution is 5.76. The maximum atomic E-state index is 11.0. The number of nitrogens with zero attached hydrogens (tertiary/aromatic N) is 1. The highest BCUT2D eigenvalue weighted by Gasteiger charge is 2.26. The lowest BCUT2D eigenvalue weighted by atomic mass is 10.3. The number of likely N-dealkylation sites (tertiary alicyclic amines) is 1. The smallest absolute Gasteiger partial charge is 0.221 e. The fourth-order valence-corrected chi connectivity index (χ4v) is 1.53. The second-order valence-corrected chi connectivity index (χ2v) is 3.07. The predicted molar refractivity (Wildman–Crippen MR) is 44.2 cm³/mol. The summed E-state index contributed by atoms with van der Waals surface area (Å²) in [6.07, 6.45) is 1.78. The van der Waals surface area contributed by atoms with Crippen molar-refractivity contribution in [3.05, 3.63) is 0 Å². The molecule has 0 aromatic rings. The molecule has 1 unspecified atom stereocenters. The Morgan fingerprint density at radius 1 is 1.42 bits per heavy atom. The van der Waals surface area contributed by atoms with Gasteiger partial charge < -0.3 is 10.2 Å². The first-order chi connectivity index (χ1) is 5.61. The quantitative estimate of drug-likeness (QED) is 0.606. The third-order valence-electron chi connectivity index (χ3n) is 2.03. The van der Waals surface area contributed by atoms with Crippen molar-refractivity contribution in [3.63, 3.8) is 0 Å². The lowest BCUT2D eigenvalue weighted by molar-refractivity contribution is -0.131. The van der Waals surface area contributed by atoms with Crippen LogP contribution in [0.3, 0.4) is 0 Å². The van der Waals surface area contributed by atoms with Crippen LogP contribution in [-0.4, -0.2) is 29.4 Å². The molecule has 0 aliphatic carbocycles. The van der Waals surface area contributed by atoms with E-state index in [1.165, 1.54) is 13.8 Å². The van der Waals surface area contributed by atoms with Crippen LogP contribution >= 0.6 is 0 Å². The van der Waals surface area contributed by atoms with Gasteiger partial charge in [-0.15, -0.1) is 0 Å². The molecule has 1 N–H and O–H groups in total. The molecule has 1 rings (SSSR count). The van der Waals surface area contributed by atoms with Crippen molar-refractivity contribution in [2.75, 3.05) is 6.54 Å². The average molecular weight is 170 g/mol. The van der Waals surface area contributed by atoms with Gasteiger partial charge in [0, 0.05) is 20.4 Å². The van der Waals surface area contributed by atoms with Crippen molar-refractivity contribution >= 4 is 11.8 Å². The number of hydrogen-bond acceptors (Lipinski definition) is 2. The van der Waals surface area contributed by atoms with Gasteiger partial charge in [0.2, 0.25) is 11.8 Å². The maximum absolute atomic E-state index is 11.0. The zero-order valence-electron chi connectivity index (χ0n) is 7.46. The molecule has 12 heavy (non-hydrogen) atoms. The summed E-state index contributed by atoms with van der Waals surface area (Å²) in [5.41, 5.74) is 0. The lowest BCUT2D eigenvalue weighted by Gasteiger charge is -2.23. The normalized spacial score (nSPS) is 22.5. The second-order valence-electron chi connectivity index (χ2n) is 3.07. The number of carbonyl (C=O) groups excluding carboxylic acids is 2. The van der Waals surface area contributed by atoms with Gasteiger partial charge in [-0.3, -0.25) is 9.59 Å². The van der Waals surface area contributed by atoms with Crippen molar-refractivity contribution in [3.8, 4) is 0 Å². The molecule has 0 aromatic carbocycles. The van der Waals surface area contributed by atoms with Gasteiger partial charge in [0.25, 0.3) is 0 Å². The summed E-state index contributed by atoms with van der Waals surface area (Å²) in [7, 11) is 0. The van der Waals surface area contributed by atoms with Crippen molar-refractivity contribution < 1.29 is 9.59 Å². The van der Waals surface area contributed by atoms with Gasteiger partial charge in [-0.2, -0.15) is 0 Å². The molecule has 1 aliphatic heterocycles. The van der Waals surface area contributed by atoms with E-state index in [-0.39, 0.29) is 18.0 Å².